The van der Waals surface area contributed by atoms with E-state index in [9.17, 15) is 4.79 Å². The van der Waals surface area contributed by atoms with E-state index in [4.69, 9.17) is 14.7 Å². The molecule has 3 aromatic carbocycles. The minimum atomic E-state index is -0.0966. The van der Waals surface area contributed by atoms with Crippen LogP contribution >= 0.6 is 23.1 Å². The molecule has 2 heterocycles. The molecule has 0 atom stereocenters. The van der Waals surface area contributed by atoms with Gasteiger partial charge in [0.25, 0.3) is 5.56 Å². The van der Waals surface area contributed by atoms with Gasteiger partial charge in [0.2, 0.25) is 0 Å². The first-order valence-electron chi connectivity index (χ1n) is 9.36. The van der Waals surface area contributed by atoms with Crippen molar-refractivity contribution >= 4 is 44.2 Å². The summed E-state index contributed by atoms with van der Waals surface area (Å²) in [5.74, 6) is 1.32. The van der Waals surface area contributed by atoms with E-state index in [-0.39, 0.29) is 5.56 Å². The number of thiazole rings is 1. The summed E-state index contributed by atoms with van der Waals surface area (Å²) in [4.78, 5) is 22.9. The van der Waals surface area contributed by atoms with E-state index in [0.717, 1.165) is 20.9 Å². The number of nitrogens with zero attached hydrogens (tertiary/aromatic N) is 3. The standard InChI is InChI=1S/C23H17N3O2S2/c1-28-16-8-6-7-15(13-16)26-22(27)17-9-2-3-10-18(17)25-23(26)29-14-21-24-19-11-4-5-12-20(19)30-21/h2-13H,14H2,1H3. The molecule has 0 N–H and O–H groups in total. The number of rotatable bonds is 5. The topological polar surface area (TPSA) is 57.0 Å². The highest BCUT2D eigenvalue weighted by atomic mass is 32.2. The van der Waals surface area contributed by atoms with Crippen molar-refractivity contribution in [2.75, 3.05) is 7.11 Å². The lowest BCUT2D eigenvalue weighted by molar-refractivity contribution is 0.414. The van der Waals surface area contributed by atoms with Crippen LogP contribution in [0.25, 0.3) is 26.8 Å². The Bertz CT molecular complexity index is 1390. The number of fused-ring (bicyclic) bond motifs is 2. The van der Waals surface area contributed by atoms with Crippen molar-refractivity contribution in [3.63, 3.8) is 0 Å². The summed E-state index contributed by atoms with van der Waals surface area (Å²) in [5.41, 5.74) is 2.31. The summed E-state index contributed by atoms with van der Waals surface area (Å²) >= 11 is 3.18. The van der Waals surface area contributed by atoms with Crippen LogP contribution in [0.4, 0.5) is 0 Å². The lowest BCUT2D eigenvalue weighted by Crippen LogP contribution is -2.21. The Kier molecular flexibility index (Phi) is 4.98. The van der Waals surface area contributed by atoms with Crippen LogP contribution in [-0.4, -0.2) is 21.6 Å². The van der Waals surface area contributed by atoms with Gasteiger partial charge in [-0.15, -0.1) is 11.3 Å². The normalized spacial score (nSPS) is 11.2. The minimum Gasteiger partial charge on any atom is -0.497 e. The number of aromatic nitrogens is 3. The van der Waals surface area contributed by atoms with Crippen LogP contribution < -0.4 is 10.3 Å². The van der Waals surface area contributed by atoms with E-state index in [1.165, 1.54) is 11.8 Å². The van der Waals surface area contributed by atoms with Gasteiger partial charge in [-0.05, 0) is 36.4 Å². The molecule has 2 aromatic heterocycles. The highest BCUT2D eigenvalue weighted by molar-refractivity contribution is 7.98. The fraction of sp³-hybridized carbons (Fsp3) is 0.0870. The molecule has 5 aromatic rings. The van der Waals surface area contributed by atoms with Crippen LogP contribution in [0.5, 0.6) is 5.75 Å². The zero-order valence-electron chi connectivity index (χ0n) is 16.1. The first-order valence-corrected chi connectivity index (χ1v) is 11.2. The number of benzene rings is 3. The van der Waals surface area contributed by atoms with E-state index in [1.807, 2.05) is 66.7 Å². The molecule has 30 heavy (non-hydrogen) atoms. The molecule has 0 radical (unpaired) electrons. The molecule has 0 aliphatic heterocycles. The molecule has 0 aliphatic carbocycles. The second-order valence-electron chi connectivity index (χ2n) is 6.62. The third-order valence-electron chi connectivity index (χ3n) is 4.72. The molecule has 0 saturated heterocycles. The van der Waals surface area contributed by atoms with Gasteiger partial charge in [-0.3, -0.25) is 9.36 Å². The van der Waals surface area contributed by atoms with Crippen LogP contribution in [0.2, 0.25) is 0 Å². The molecule has 0 amide bonds. The first-order chi connectivity index (χ1) is 14.7. The Morgan fingerprint density at radius 1 is 0.967 bits per heavy atom. The maximum Gasteiger partial charge on any atom is 0.266 e. The van der Waals surface area contributed by atoms with Gasteiger partial charge in [0, 0.05) is 6.07 Å². The second-order valence-corrected chi connectivity index (χ2v) is 8.68. The van der Waals surface area contributed by atoms with Gasteiger partial charge in [0.15, 0.2) is 5.16 Å². The largest absolute Gasteiger partial charge is 0.497 e. The van der Waals surface area contributed by atoms with Crippen molar-refractivity contribution < 1.29 is 4.74 Å². The van der Waals surface area contributed by atoms with E-state index < -0.39 is 0 Å². The average molecular weight is 432 g/mol. The number of hydrogen-bond donors (Lipinski definition) is 0. The molecule has 0 bridgehead atoms. The second kappa shape index (κ2) is 7.93. The maximum atomic E-state index is 13.4. The Labute approximate surface area is 181 Å². The Balaban J connectivity index is 1.61. The third-order valence-corrected chi connectivity index (χ3v) is 6.89. The van der Waals surface area contributed by atoms with Crippen molar-refractivity contribution in [3.8, 4) is 11.4 Å². The number of ether oxygens (including phenoxy) is 1. The Morgan fingerprint density at radius 3 is 2.60 bits per heavy atom. The summed E-state index contributed by atoms with van der Waals surface area (Å²) in [6.45, 7) is 0. The van der Waals surface area contributed by atoms with E-state index >= 15 is 0 Å². The molecule has 5 nitrogen and oxygen atoms in total. The average Bonchev–Trinajstić information content (AvgIpc) is 3.21. The van der Waals surface area contributed by atoms with Gasteiger partial charge < -0.3 is 4.74 Å². The number of hydrogen-bond acceptors (Lipinski definition) is 6. The van der Waals surface area contributed by atoms with Gasteiger partial charge in [0.05, 0.1) is 39.7 Å². The monoisotopic (exact) mass is 431 g/mol. The highest BCUT2D eigenvalue weighted by Crippen LogP contribution is 2.29. The lowest BCUT2D eigenvalue weighted by atomic mass is 10.2. The van der Waals surface area contributed by atoms with Crippen molar-refractivity contribution in [1.29, 1.82) is 0 Å². The predicted octanol–water partition coefficient (Wildman–Crippen LogP) is 5.30. The molecule has 7 heteroatoms. The van der Waals surface area contributed by atoms with Gasteiger partial charge >= 0.3 is 0 Å². The summed E-state index contributed by atoms with van der Waals surface area (Å²) < 4.78 is 8.17. The Hall–Kier alpha value is -3.16. The molecular formula is C23H17N3O2S2. The van der Waals surface area contributed by atoms with Crippen LogP contribution in [0.3, 0.4) is 0 Å². The van der Waals surface area contributed by atoms with Crippen molar-refractivity contribution in [2.45, 2.75) is 10.9 Å². The molecule has 0 saturated carbocycles. The van der Waals surface area contributed by atoms with Gasteiger partial charge in [0.1, 0.15) is 10.8 Å². The smallest absolute Gasteiger partial charge is 0.266 e. The van der Waals surface area contributed by atoms with Gasteiger partial charge in [-0.1, -0.05) is 42.1 Å². The summed E-state index contributed by atoms with van der Waals surface area (Å²) in [5, 5.41) is 2.22. The van der Waals surface area contributed by atoms with Crippen LogP contribution in [0.1, 0.15) is 5.01 Å². The van der Waals surface area contributed by atoms with Crippen molar-refractivity contribution in [2.24, 2.45) is 0 Å². The zero-order chi connectivity index (χ0) is 20.5. The molecule has 0 aliphatic rings. The van der Waals surface area contributed by atoms with Crippen LogP contribution in [0.15, 0.2) is 82.7 Å². The maximum absolute atomic E-state index is 13.4. The van der Waals surface area contributed by atoms with E-state index in [1.54, 1.807) is 23.0 Å². The number of para-hydroxylation sites is 2. The zero-order valence-corrected chi connectivity index (χ0v) is 17.7. The fourth-order valence-corrected chi connectivity index (χ4v) is 5.27. The van der Waals surface area contributed by atoms with E-state index in [0.29, 0.717) is 27.6 Å². The SMILES string of the molecule is COc1cccc(-n2c(SCc3nc4ccccc4s3)nc3ccccc3c2=O)c1. The molecule has 0 unspecified atom stereocenters. The number of methoxy groups -OCH3 is 1. The summed E-state index contributed by atoms with van der Waals surface area (Å²) in [7, 11) is 1.61. The van der Waals surface area contributed by atoms with E-state index in [2.05, 4.69) is 6.07 Å². The van der Waals surface area contributed by atoms with Gasteiger partial charge in [-0.25, -0.2) is 9.97 Å². The number of thioether (sulfide) groups is 1. The summed E-state index contributed by atoms with van der Waals surface area (Å²) in [6.07, 6.45) is 0. The molecular weight excluding hydrogens is 414 g/mol. The van der Waals surface area contributed by atoms with Crippen molar-refractivity contribution in [3.05, 3.63) is 88.2 Å². The fourth-order valence-electron chi connectivity index (χ4n) is 3.29. The predicted molar refractivity (Wildman–Crippen MR) is 123 cm³/mol. The minimum absolute atomic E-state index is 0.0966. The summed E-state index contributed by atoms with van der Waals surface area (Å²) in [6, 6.07) is 23.0. The molecule has 0 spiro atoms. The van der Waals surface area contributed by atoms with Crippen LogP contribution in [-0.2, 0) is 5.75 Å². The molecule has 5 rings (SSSR count). The molecule has 0 fully saturated rings. The molecule has 148 valence electrons. The van der Waals surface area contributed by atoms with Crippen molar-refractivity contribution in [1.82, 2.24) is 14.5 Å². The first kappa shape index (κ1) is 18.8. The Morgan fingerprint density at radius 2 is 1.77 bits per heavy atom. The lowest BCUT2D eigenvalue weighted by Gasteiger charge is -2.13. The third kappa shape index (κ3) is 3.46. The van der Waals surface area contributed by atoms with Gasteiger partial charge in [-0.2, -0.15) is 0 Å². The highest BCUT2D eigenvalue weighted by Gasteiger charge is 2.15. The van der Waals surface area contributed by atoms with Crippen LogP contribution in [0, 0.1) is 0 Å². The quantitative estimate of drug-likeness (QED) is 0.279.